The number of hydrogen-bond donors (Lipinski definition) is 1. The highest BCUT2D eigenvalue weighted by Gasteiger charge is 2.17. The molecule has 4 aromatic rings. The van der Waals surface area contributed by atoms with Gasteiger partial charge in [0.15, 0.2) is 5.76 Å². The molecule has 136 valence electrons. The largest absolute Gasteiger partial charge is 0.502 e. The first-order chi connectivity index (χ1) is 13.1. The van der Waals surface area contributed by atoms with Gasteiger partial charge in [-0.3, -0.25) is 4.79 Å². The van der Waals surface area contributed by atoms with Crippen LogP contribution in [0.2, 0.25) is 0 Å². The molecular weight excluding hydrogens is 338 g/mol. The zero-order chi connectivity index (χ0) is 19.0. The average molecular weight is 359 g/mol. The fraction of sp³-hybridized carbons (Fsp3) is 0.174. The number of rotatable bonds is 4. The van der Waals surface area contributed by atoms with E-state index < -0.39 is 5.43 Å². The Bertz CT molecular complexity index is 1170. The van der Waals surface area contributed by atoms with Crippen molar-refractivity contribution in [2.45, 2.75) is 13.8 Å². The summed E-state index contributed by atoms with van der Waals surface area (Å²) in [5.74, 6) is -0.150. The van der Waals surface area contributed by atoms with Crippen molar-refractivity contribution in [3.63, 3.8) is 0 Å². The SMILES string of the molecule is CCN(CC)c1ccc(-c2oc3ccc4ccccc4c3c(=O)c2O)cc1. The van der Waals surface area contributed by atoms with E-state index in [1.165, 1.54) is 0 Å². The highest BCUT2D eigenvalue weighted by atomic mass is 16.4. The molecule has 27 heavy (non-hydrogen) atoms. The molecule has 1 N–H and O–H groups in total. The standard InChI is InChI=1S/C23H21NO3/c1-3-24(4-2)17-12-9-16(10-13-17)23-22(26)21(25)20-18-8-6-5-7-15(18)11-14-19(20)27-23/h5-14,26H,3-4H2,1-2H3. The molecule has 0 saturated carbocycles. The zero-order valence-electron chi connectivity index (χ0n) is 15.4. The van der Waals surface area contributed by atoms with E-state index in [1.807, 2.05) is 54.6 Å². The number of fused-ring (bicyclic) bond motifs is 3. The van der Waals surface area contributed by atoms with Gasteiger partial charge in [-0.2, -0.15) is 0 Å². The Morgan fingerprint density at radius 2 is 1.63 bits per heavy atom. The molecule has 0 aliphatic carbocycles. The van der Waals surface area contributed by atoms with E-state index in [4.69, 9.17) is 4.42 Å². The Labute approximate surface area is 157 Å². The fourth-order valence-corrected chi connectivity index (χ4v) is 3.56. The van der Waals surface area contributed by atoms with Gasteiger partial charge < -0.3 is 14.4 Å². The Morgan fingerprint density at radius 3 is 2.33 bits per heavy atom. The zero-order valence-corrected chi connectivity index (χ0v) is 15.4. The number of hydrogen-bond acceptors (Lipinski definition) is 4. The fourth-order valence-electron chi connectivity index (χ4n) is 3.56. The van der Waals surface area contributed by atoms with Crippen LogP contribution in [0, 0.1) is 0 Å². The minimum absolute atomic E-state index is 0.203. The first-order valence-electron chi connectivity index (χ1n) is 9.17. The lowest BCUT2D eigenvalue weighted by molar-refractivity contribution is 0.449. The molecule has 0 aliphatic rings. The van der Waals surface area contributed by atoms with Crippen molar-refractivity contribution in [2.24, 2.45) is 0 Å². The van der Waals surface area contributed by atoms with Gasteiger partial charge in [0.1, 0.15) is 5.58 Å². The molecule has 4 rings (SSSR count). The first-order valence-corrected chi connectivity index (χ1v) is 9.17. The van der Waals surface area contributed by atoms with Gasteiger partial charge >= 0.3 is 0 Å². The molecule has 4 heteroatoms. The van der Waals surface area contributed by atoms with Gasteiger partial charge in [-0.1, -0.05) is 30.3 Å². The van der Waals surface area contributed by atoms with E-state index in [2.05, 4.69) is 18.7 Å². The van der Waals surface area contributed by atoms with E-state index in [0.717, 1.165) is 29.5 Å². The number of aromatic hydroxyl groups is 1. The third-order valence-electron chi connectivity index (χ3n) is 5.02. The molecule has 1 aromatic heterocycles. The molecule has 0 radical (unpaired) electrons. The van der Waals surface area contributed by atoms with Crippen LogP contribution in [0.1, 0.15) is 13.8 Å². The maximum atomic E-state index is 12.9. The van der Waals surface area contributed by atoms with E-state index in [9.17, 15) is 9.90 Å². The lowest BCUT2D eigenvalue weighted by atomic mass is 10.0. The Morgan fingerprint density at radius 1 is 0.926 bits per heavy atom. The summed E-state index contributed by atoms with van der Waals surface area (Å²) in [6.45, 7) is 6.05. The quantitative estimate of drug-likeness (QED) is 0.511. The van der Waals surface area contributed by atoms with E-state index >= 15 is 0 Å². The van der Waals surface area contributed by atoms with Crippen LogP contribution in [0.25, 0.3) is 33.1 Å². The van der Waals surface area contributed by atoms with Crippen molar-refractivity contribution in [1.29, 1.82) is 0 Å². The summed E-state index contributed by atoms with van der Waals surface area (Å²) in [7, 11) is 0. The molecule has 0 fully saturated rings. The molecule has 0 unspecified atom stereocenters. The van der Waals surface area contributed by atoms with Crippen molar-refractivity contribution >= 4 is 27.4 Å². The molecule has 0 amide bonds. The topological polar surface area (TPSA) is 53.7 Å². The molecule has 0 atom stereocenters. The second-order valence-electron chi connectivity index (χ2n) is 6.49. The highest BCUT2D eigenvalue weighted by molar-refractivity contribution is 6.06. The third-order valence-corrected chi connectivity index (χ3v) is 5.02. The van der Waals surface area contributed by atoms with Crippen LogP contribution in [-0.2, 0) is 0 Å². The Hall–Kier alpha value is -3.27. The Balaban J connectivity index is 1.89. The van der Waals surface area contributed by atoms with Gasteiger partial charge in [-0.05, 0) is 55.0 Å². The molecule has 0 bridgehead atoms. The van der Waals surface area contributed by atoms with Gasteiger partial charge in [0, 0.05) is 24.3 Å². The molecular formula is C23H21NO3. The van der Waals surface area contributed by atoms with Gasteiger partial charge in [0.25, 0.3) is 0 Å². The summed E-state index contributed by atoms with van der Waals surface area (Å²) in [6, 6.07) is 19.0. The van der Waals surface area contributed by atoms with Gasteiger partial charge in [0.2, 0.25) is 11.2 Å². The second-order valence-corrected chi connectivity index (χ2v) is 6.49. The number of anilines is 1. The number of nitrogens with zero attached hydrogens (tertiary/aromatic N) is 1. The van der Waals surface area contributed by atoms with Crippen molar-refractivity contribution in [3.8, 4) is 17.1 Å². The number of benzene rings is 3. The molecule has 0 saturated heterocycles. The summed E-state index contributed by atoms with van der Waals surface area (Å²) in [5, 5.41) is 12.7. The predicted molar refractivity (Wildman–Crippen MR) is 111 cm³/mol. The van der Waals surface area contributed by atoms with E-state index in [0.29, 0.717) is 16.5 Å². The minimum atomic E-state index is -0.407. The van der Waals surface area contributed by atoms with Crippen LogP contribution in [0.15, 0.2) is 69.9 Å². The summed E-state index contributed by atoms with van der Waals surface area (Å²) in [6.07, 6.45) is 0. The first kappa shape index (κ1) is 17.2. The maximum absolute atomic E-state index is 12.9. The lowest BCUT2D eigenvalue weighted by Gasteiger charge is -2.21. The van der Waals surface area contributed by atoms with Crippen molar-refractivity contribution in [3.05, 3.63) is 70.9 Å². The average Bonchev–Trinajstić information content (AvgIpc) is 2.71. The van der Waals surface area contributed by atoms with Gasteiger partial charge in [0.05, 0.1) is 5.39 Å². The summed E-state index contributed by atoms with van der Waals surface area (Å²) < 4.78 is 5.96. The molecule has 3 aromatic carbocycles. The van der Waals surface area contributed by atoms with Crippen molar-refractivity contribution in [2.75, 3.05) is 18.0 Å². The Kier molecular flexibility index (Phi) is 4.32. The monoisotopic (exact) mass is 359 g/mol. The maximum Gasteiger partial charge on any atom is 0.235 e. The molecule has 4 nitrogen and oxygen atoms in total. The second kappa shape index (κ2) is 6.80. The summed E-state index contributed by atoms with van der Waals surface area (Å²) in [5.41, 5.74) is 1.84. The van der Waals surface area contributed by atoms with E-state index in [1.54, 1.807) is 6.07 Å². The summed E-state index contributed by atoms with van der Waals surface area (Å²) >= 11 is 0. The van der Waals surface area contributed by atoms with Crippen LogP contribution < -0.4 is 10.3 Å². The molecule has 1 heterocycles. The lowest BCUT2D eigenvalue weighted by Crippen LogP contribution is -2.21. The van der Waals surface area contributed by atoms with Gasteiger partial charge in [-0.15, -0.1) is 0 Å². The van der Waals surface area contributed by atoms with Crippen LogP contribution >= 0.6 is 0 Å². The van der Waals surface area contributed by atoms with Crippen molar-refractivity contribution < 1.29 is 9.52 Å². The third kappa shape index (κ3) is 2.83. The highest BCUT2D eigenvalue weighted by Crippen LogP contribution is 2.33. The van der Waals surface area contributed by atoms with Crippen LogP contribution in [0.5, 0.6) is 5.75 Å². The molecule has 0 spiro atoms. The minimum Gasteiger partial charge on any atom is -0.502 e. The van der Waals surface area contributed by atoms with E-state index in [-0.39, 0.29) is 11.5 Å². The van der Waals surface area contributed by atoms with Crippen LogP contribution in [0.4, 0.5) is 5.69 Å². The smallest absolute Gasteiger partial charge is 0.235 e. The normalized spacial score (nSPS) is 11.2. The van der Waals surface area contributed by atoms with Crippen molar-refractivity contribution in [1.82, 2.24) is 0 Å². The van der Waals surface area contributed by atoms with Crippen LogP contribution in [0.3, 0.4) is 0 Å². The molecule has 0 aliphatic heterocycles. The summed E-state index contributed by atoms with van der Waals surface area (Å²) in [4.78, 5) is 15.1. The van der Waals surface area contributed by atoms with Crippen LogP contribution in [-0.4, -0.2) is 18.2 Å². The van der Waals surface area contributed by atoms with Gasteiger partial charge in [-0.25, -0.2) is 0 Å². The predicted octanol–water partition coefficient (Wildman–Crippen LogP) is 5.17.